The minimum atomic E-state index is -0.0657. The number of aromatic nitrogens is 1. The first kappa shape index (κ1) is 13.5. The predicted molar refractivity (Wildman–Crippen MR) is 70.3 cm³/mol. The Bertz CT molecular complexity index is 371. The summed E-state index contributed by atoms with van der Waals surface area (Å²) in [7, 11) is 3.84. The van der Waals surface area contributed by atoms with Crippen LogP contribution in [-0.4, -0.2) is 31.0 Å². The van der Waals surface area contributed by atoms with Crippen molar-refractivity contribution in [2.24, 2.45) is 5.92 Å². The van der Waals surface area contributed by atoms with Crippen molar-refractivity contribution in [3.63, 3.8) is 0 Å². The number of nitrogens with zero attached hydrogens (tertiary/aromatic N) is 2. The lowest BCUT2D eigenvalue weighted by Crippen LogP contribution is -2.36. The minimum Gasteiger partial charge on any atom is -0.363 e. The zero-order valence-corrected chi connectivity index (χ0v) is 11.2. The van der Waals surface area contributed by atoms with E-state index >= 15 is 0 Å². The molecule has 0 aliphatic rings. The summed E-state index contributed by atoms with van der Waals surface area (Å²) < 4.78 is 0. The van der Waals surface area contributed by atoms with E-state index in [-0.39, 0.29) is 11.9 Å². The highest BCUT2D eigenvalue weighted by Crippen LogP contribution is 2.08. The van der Waals surface area contributed by atoms with Gasteiger partial charge in [0.25, 0.3) is 5.91 Å². The van der Waals surface area contributed by atoms with Crippen LogP contribution in [0.15, 0.2) is 18.3 Å². The molecule has 1 atom stereocenters. The molecule has 1 unspecified atom stereocenters. The van der Waals surface area contributed by atoms with E-state index in [1.807, 2.05) is 32.0 Å². The molecule has 0 spiro atoms. The average molecular weight is 235 g/mol. The van der Waals surface area contributed by atoms with Crippen molar-refractivity contribution in [1.82, 2.24) is 10.3 Å². The predicted octanol–water partition coefficient (Wildman–Crippen LogP) is 1.92. The first-order valence-corrected chi connectivity index (χ1v) is 5.86. The fraction of sp³-hybridized carbons (Fsp3) is 0.538. The van der Waals surface area contributed by atoms with E-state index in [0.29, 0.717) is 11.5 Å². The standard InChI is InChI=1S/C13H21N3O/c1-9(2)10(3)15-13(17)11-6-7-12(14-8-11)16(4)5/h6-10H,1-5H3,(H,15,17). The molecule has 0 aliphatic carbocycles. The van der Waals surface area contributed by atoms with Crippen LogP contribution in [0.5, 0.6) is 0 Å². The van der Waals surface area contributed by atoms with Crippen LogP contribution in [0.2, 0.25) is 0 Å². The van der Waals surface area contributed by atoms with E-state index in [9.17, 15) is 4.79 Å². The molecule has 0 radical (unpaired) electrons. The SMILES string of the molecule is CC(C)C(C)NC(=O)c1ccc(N(C)C)nc1. The number of nitrogens with one attached hydrogen (secondary N) is 1. The van der Waals surface area contributed by atoms with Gasteiger partial charge in [-0.2, -0.15) is 0 Å². The van der Waals surface area contributed by atoms with Crippen molar-refractivity contribution in [2.45, 2.75) is 26.8 Å². The zero-order chi connectivity index (χ0) is 13.0. The van der Waals surface area contributed by atoms with Crippen LogP contribution in [0.1, 0.15) is 31.1 Å². The Morgan fingerprint density at radius 2 is 1.94 bits per heavy atom. The third-order valence-electron chi connectivity index (χ3n) is 2.83. The van der Waals surface area contributed by atoms with Crippen LogP contribution in [0, 0.1) is 5.92 Å². The van der Waals surface area contributed by atoms with Gasteiger partial charge in [-0.05, 0) is 25.0 Å². The van der Waals surface area contributed by atoms with E-state index in [2.05, 4.69) is 24.1 Å². The fourth-order valence-electron chi connectivity index (χ4n) is 1.24. The van der Waals surface area contributed by atoms with Gasteiger partial charge < -0.3 is 10.2 Å². The molecule has 17 heavy (non-hydrogen) atoms. The number of anilines is 1. The summed E-state index contributed by atoms with van der Waals surface area (Å²) >= 11 is 0. The van der Waals surface area contributed by atoms with Gasteiger partial charge in [0.05, 0.1) is 5.56 Å². The second-order valence-corrected chi connectivity index (χ2v) is 4.81. The number of hydrogen-bond acceptors (Lipinski definition) is 3. The number of pyridine rings is 1. The van der Waals surface area contributed by atoms with Gasteiger partial charge in [0.15, 0.2) is 0 Å². The van der Waals surface area contributed by atoms with Crippen LogP contribution in [-0.2, 0) is 0 Å². The van der Waals surface area contributed by atoms with Gasteiger partial charge in [0, 0.05) is 26.3 Å². The van der Waals surface area contributed by atoms with Gasteiger partial charge in [-0.15, -0.1) is 0 Å². The lowest BCUT2D eigenvalue weighted by molar-refractivity contribution is 0.0930. The fourth-order valence-corrected chi connectivity index (χ4v) is 1.24. The summed E-state index contributed by atoms with van der Waals surface area (Å²) in [5.74, 6) is 1.20. The number of rotatable bonds is 4. The van der Waals surface area contributed by atoms with Gasteiger partial charge >= 0.3 is 0 Å². The molecule has 0 aliphatic heterocycles. The molecule has 1 aromatic heterocycles. The summed E-state index contributed by atoms with van der Waals surface area (Å²) in [6, 6.07) is 3.80. The van der Waals surface area contributed by atoms with Crippen LogP contribution in [0.4, 0.5) is 5.82 Å². The smallest absolute Gasteiger partial charge is 0.253 e. The number of carbonyl (C=O) groups is 1. The summed E-state index contributed by atoms with van der Waals surface area (Å²) in [4.78, 5) is 18.0. The first-order valence-electron chi connectivity index (χ1n) is 5.86. The minimum absolute atomic E-state index is 0.0657. The number of carbonyl (C=O) groups excluding carboxylic acids is 1. The van der Waals surface area contributed by atoms with E-state index in [1.54, 1.807) is 12.3 Å². The highest BCUT2D eigenvalue weighted by Gasteiger charge is 2.12. The Morgan fingerprint density at radius 3 is 2.35 bits per heavy atom. The Hall–Kier alpha value is -1.58. The van der Waals surface area contributed by atoms with Crippen molar-refractivity contribution < 1.29 is 4.79 Å². The molecule has 0 saturated heterocycles. The second kappa shape index (κ2) is 5.66. The summed E-state index contributed by atoms with van der Waals surface area (Å²) in [6.45, 7) is 6.17. The second-order valence-electron chi connectivity index (χ2n) is 4.81. The van der Waals surface area contributed by atoms with Crippen molar-refractivity contribution in [2.75, 3.05) is 19.0 Å². The summed E-state index contributed by atoms with van der Waals surface area (Å²) in [5.41, 5.74) is 0.600. The third kappa shape index (κ3) is 3.73. The maximum Gasteiger partial charge on any atom is 0.253 e. The maximum absolute atomic E-state index is 11.9. The normalized spacial score (nSPS) is 12.4. The molecule has 4 heteroatoms. The van der Waals surface area contributed by atoms with E-state index in [0.717, 1.165) is 5.82 Å². The quantitative estimate of drug-likeness (QED) is 0.867. The third-order valence-corrected chi connectivity index (χ3v) is 2.83. The average Bonchev–Trinajstić information content (AvgIpc) is 2.28. The first-order chi connectivity index (χ1) is 7.91. The number of amides is 1. The number of hydrogen-bond donors (Lipinski definition) is 1. The van der Waals surface area contributed by atoms with Gasteiger partial charge in [-0.1, -0.05) is 13.8 Å². The van der Waals surface area contributed by atoms with Gasteiger partial charge in [0.1, 0.15) is 5.82 Å². The lowest BCUT2D eigenvalue weighted by Gasteiger charge is -2.17. The Kier molecular flexibility index (Phi) is 4.49. The topological polar surface area (TPSA) is 45.2 Å². The molecular weight excluding hydrogens is 214 g/mol. The molecule has 1 aromatic rings. The molecule has 0 bridgehead atoms. The van der Waals surface area contributed by atoms with Crippen molar-refractivity contribution in [3.05, 3.63) is 23.9 Å². The van der Waals surface area contributed by atoms with E-state index in [1.165, 1.54) is 0 Å². The molecule has 0 saturated carbocycles. The van der Waals surface area contributed by atoms with Crippen molar-refractivity contribution >= 4 is 11.7 Å². The summed E-state index contributed by atoms with van der Waals surface area (Å²) in [5, 5.41) is 2.95. The maximum atomic E-state index is 11.9. The van der Waals surface area contributed by atoms with Gasteiger partial charge in [-0.25, -0.2) is 4.98 Å². The molecule has 0 aromatic carbocycles. The van der Waals surface area contributed by atoms with E-state index < -0.39 is 0 Å². The van der Waals surface area contributed by atoms with Crippen LogP contribution in [0.25, 0.3) is 0 Å². The molecule has 0 fully saturated rings. The van der Waals surface area contributed by atoms with Crippen molar-refractivity contribution in [1.29, 1.82) is 0 Å². The molecule has 1 heterocycles. The van der Waals surface area contributed by atoms with E-state index in [4.69, 9.17) is 0 Å². The van der Waals surface area contributed by atoms with Crippen molar-refractivity contribution in [3.8, 4) is 0 Å². The van der Waals surface area contributed by atoms with Crippen LogP contribution in [0.3, 0.4) is 0 Å². The lowest BCUT2D eigenvalue weighted by atomic mass is 10.1. The molecule has 1 N–H and O–H groups in total. The molecule has 1 rings (SSSR count). The largest absolute Gasteiger partial charge is 0.363 e. The molecule has 4 nitrogen and oxygen atoms in total. The van der Waals surface area contributed by atoms with Crippen LogP contribution >= 0.6 is 0 Å². The van der Waals surface area contributed by atoms with Gasteiger partial charge in [-0.3, -0.25) is 4.79 Å². The molecule has 1 amide bonds. The Labute approximate surface area is 103 Å². The van der Waals surface area contributed by atoms with Gasteiger partial charge in [0.2, 0.25) is 0 Å². The summed E-state index contributed by atoms with van der Waals surface area (Å²) in [6.07, 6.45) is 1.61. The zero-order valence-electron chi connectivity index (χ0n) is 11.2. The highest BCUT2D eigenvalue weighted by molar-refractivity contribution is 5.94. The Morgan fingerprint density at radius 1 is 1.29 bits per heavy atom. The molecular formula is C13H21N3O. The monoisotopic (exact) mass is 235 g/mol. The van der Waals surface area contributed by atoms with Crippen LogP contribution < -0.4 is 10.2 Å². The Balaban J connectivity index is 2.70. The molecule has 94 valence electrons. The highest BCUT2D eigenvalue weighted by atomic mass is 16.1.